The molecular formula is C15H11N3S. The number of fused-ring (bicyclic) bond motifs is 1. The first-order chi connectivity index (χ1) is 9.38. The maximum Gasteiger partial charge on any atom is 0.102 e. The van der Waals surface area contributed by atoms with Crippen LogP contribution in [-0.4, -0.2) is 9.38 Å². The molecule has 0 aliphatic heterocycles. The van der Waals surface area contributed by atoms with Crippen LogP contribution in [0.4, 0.5) is 0 Å². The van der Waals surface area contributed by atoms with Crippen LogP contribution in [0.25, 0.3) is 5.52 Å². The van der Waals surface area contributed by atoms with Gasteiger partial charge in [-0.2, -0.15) is 5.26 Å². The van der Waals surface area contributed by atoms with E-state index in [1.807, 2.05) is 53.2 Å². The smallest absolute Gasteiger partial charge is 0.102 e. The van der Waals surface area contributed by atoms with Gasteiger partial charge in [-0.3, -0.25) is 0 Å². The number of thioether (sulfide) groups is 1. The van der Waals surface area contributed by atoms with Crippen molar-refractivity contribution in [3.63, 3.8) is 0 Å². The summed E-state index contributed by atoms with van der Waals surface area (Å²) in [5.41, 5.74) is 2.76. The standard InChI is InChI=1S/C15H11N3S/c16-9-13-12(10-18-8-4-2-5-14(13)18)11-19-15-6-1-3-7-17-15/h1-8,10H,11H2. The Balaban J connectivity index is 1.91. The summed E-state index contributed by atoms with van der Waals surface area (Å²) in [6, 6.07) is 14.0. The molecular weight excluding hydrogens is 254 g/mol. The van der Waals surface area contributed by atoms with Crippen molar-refractivity contribution < 1.29 is 0 Å². The molecule has 0 unspecified atom stereocenters. The van der Waals surface area contributed by atoms with E-state index in [1.165, 1.54) is 0 Å². The Hall–Kier alpha value is -2.25. The molecule has 3 aromatic heterocycles. The third-order valence-electron chi connectivity index (χ3n) is 2.89. The summed E-state index contributed by atoms with van der Waals surface area (Å²) in [4.78, 5) is 4.28. The number of nitrogens with zero attached hydrogens (tertiary/aromatic N) is 3. The van der Waals surface area contributed by atoms with Crippen LogP contribution in [0.2, 0.25) is 0 Å². The molecule has 0 amide bonds. The number of hydrogen-bond donors (Lipinski definition) is 0. The van der Waals surface area contributed by atoms with Crippen LogP contribution in [0.3, 0.4) is 0 Å². The van der Waals surface area contributed by atoms with E-state index >= 15 is 0 Å². The molecule has 3 heterocycles. The Kier molecular flexibility index (Phi) is 3.21. The van der Waals surface area contributed by atoms with E-state index < -0.39 is 0 Å². The quantitative estimate of drug-likeness (QED) is 0.681. The van der Waals surface area contributed by atoms with Gasteiger partial charge in [-0.25, -0.2) is 4.98 Å². The largest absolute Gasteiger partial charge is 0.322 e. The van der Waals surface area contributed by atoms with Crippen molar-refractivity contribution >= 4 is 17.3 Å². The fourth-order valence-electron chi connectivity index (χ4n) is 2.00. The lowest BCUT2D eigenvalue weighted by molar-refractivity contribution is 1.13. The lowest BCUT2D eigenvalue weighted by Gasteiger charge is -1.98. The minimum Gasteiger partial charge on any atom is -0.322 e. The van der Waals surface area contributed by atoms with Crippen molar-refractivity contribution in [3.8, 4) is 6.07 Å². The molecule has 3 nitrogen and oxygen atoms in total. The highest BCUT2D eigenvalue weighted by atomic mass is 32.2. The van der Waals surface area contributed by atoms with Crippen molar-refractivity contribution in [1.82, 2.24) is 9.38 Å². The zero-order valence-corrected chi connectivity index (χ0v) is 11.0. The first kappa shape index (κ1) is 11.8. The predicted molar refractivity (Wildman–Crippen MR) is 75.9 cm³/mol. The van der Waals surface area contributed by atoms with Crippen LogP contribution in [-0.2, 0) is 5.75 Å². The minimum absolute atomic E-state index is 0.752. The first-order valence-electron chi connectivity index (χ1n) is 5.91. The molecule has 92 valence electrons. The summed E-state index contributed by atoms with van der Waals surface area (Å²) in [5.74, 6) is 0.752. The molecule has 3 aromatic rings. The van der Waals surface area contributed by atoms with Gasteiger partial charge in [0.05, 0.1) is 16.1 Å². The summed E-state index contributed by atoms with van der Waals surface area (Å²) in [6.07, 6.45) is 5.76. The Labute approximate surface area is 115 Å². The predicted octanol–water partition coefficient (Wildman–Crippen LogP) is 3.50. The Morgan fingerprint density at radius 2 is 2.11 bits per heavy atom. The van der Waals surface area contributed by atoms with Gasteiger partial charge in [0.1, 0.15) is 6.07 Å². The van der Waals surface area contributed by atoms with E-state index in [9.17, 15) is 5.26 Å². The van der Waals surface area contributed by atoms with Crippen LogP contribution in [0, 0.1) is 11.3 Å². The summed E-state index contributed by atoms with van der Waals surface area (Å²) in [5, 5.41) is 10.3. The highest BCUT2D eigenvalue weighted by Crippen LogP contribution is 2.25. The van der Waals surface area contributed by atoms with Gasteiger partial charge in [-0.1, -0.05) is 12.1 Å². The number of rotatable bonds is 3. The molecule has 0 fully saturated rings. The third kappa shape index (κ3) is 2.33. The van der Waals surface area contributed by atoms with Crippen LogP contribution in [0.1, 0.15) is 11.1 Å². The monoisotopic (exact) mass is 265 g/mol. The SMILES string of the molecule is N#Cc1c(CSc2ccccn2)cn2ccccc12. The van der Waals surface area contributed by atoms with E-state index in [4.69, 9.17) is 0 Å². The highest BCUT2D eigenvalue weighted by Gasteiger charge is 2.10. The van der Waals surface area contributed by atoms with E-state index in [0.717, 1.165) is 27.4 Å². The van der Waals surface area contributed by atoms with Gasteiger partial charge in [-0.15, -0.1) is 11.8 Å². The maximum absolute atomic E-state index is 9.31. The van der Waals surface area contributed by atoms with Crippen molar-refractivity contribution in [2.75, 3.05) is 0 Å². The van der Waals surface area contributed by atoms with E-state index in [1.54, 1.807) is 18.0 Å². The molecule has 0 saturated carbocycles. The number of pyridine rings is 2. The van der Waals surface area contributed by atoms with E-state index in [-0.39, 0.29) is 0 Å². The lowest BCUT2D eigenvalue weighted by Crippen LogP contribution is -1.83. The molecule has 0 aromatic carbocycles. The zero-order valence-electron chi connectivity index (χ0n) is 10.2. The summed E-state index contributed by atoms with van der Waals surface area (Å²) in [6.45, 7) is 0. The second-order valence-corrected chi connectivity index (χ2v) is 5.09. The Bertz CT molecular complexity index is 741. The van der Waals surface area contributed by atoms with Gasteiger partial charge in [-0.05, 0) is 29.8 Å². The van der Waals surface area contributed by atoms with Gasteiger partial charge in [0.25, 0.3) is 0 Å². The van der Waals surface area contributed by atoms with Crippen LogP contribution < -0.4 is 0 Å². The average Bonchev–Trinajstić information content (AvgIpc) is 2.83. The van der Waals surface area contributed by atoms with Gasteiger partial charge >= 0.3 is 0 Å². The van der Waals surface area contributed by atoms with Gasteiger partial charge < -0.3 is 4.40 Å². The molecule has 4 heteroatoms. The molecule has 19 heavy (non-hydrogen) atoms. The molecule has 0 N–H and O–H groups in total. The molecule has 0 atom stereocenters. The fourth-order valence-corrected chi connectivity index (χ4v) is 2.83. The summed E-state index contributed by atoms with van der Waals surface area (Å²) in [7, 11) is 0. The van der Waals surface area contributed by atoms with Gasteiger partial charge in [0.2, 0.25) is 0 Å². The van der Waals surface area contributed by atoms with E-state index in [2.05, 4.69) is 11.1 Å². The number of hydrogen-bond acceptors (Lipinski definition) is 3. The zero-order chi connectivity index (χ0) is 13.1. The Morgan fingerprint density at radius 3 is 2.89 bits per heavy atom. The van der Waals surface area contributed by atoms with Crippen LogP contribution in [0.15, 0.2) is 60.0 Å². The van der Waals surface area contributed by atoms with Gasteiger partial charge in [0.15, 0.2) is 0 Å². The fraction of sp³-hybridized carbons (Fsp3) is 0.0667. The number of aromatic nitrogens is 2. The molecule has 0 aliphatic rings. The molecule has 3 rings (SSSR count). The van der Waals surface area contributed by atoms with Gasteiger partial charge in [0, 0.05) is 24.3 Å². The summed E-state index contributed by atoms with van der Waals surface area (Å²) < 4.78 is 1.99. The second-order valence-electron chi connectivity index (χ2n) is 4.09. The third-order valence-corrected chi connectivity index (χ3v) is 3.88. The lowest BCUT2D eigenvalue weighted by atomic mass is 10.2. The average molecular weight is 265 g/mol. The van der Waals surface area contributed by atoms with Crippen molar-refractivity contribution in [3.05, 3.63) is 66.1 Å². The van der Waals surface area contributed by atoms with Crippen molar-refractivity contribution in [2.45, 2.75) is 10.8 Å². The number of nitriles is 1. The minimum atomic E-state index is 0.752. The second kappa shape index (κ2) is 5.17. The maximum atomic E-state index is 9.31. The summed E-state index contributed by atoms with van der Waals surface area (Å²) >= 11 is 1.64. The molecule has 0 spiro atoms. The van der Waals surface area contributed by atoms with Crippen LogP contribution in [0.5, 0.6) is 0 Å². The molecule has 0 radical (unpaired) electrons. The molecule has 0 saturated heterocycles. The van der Waals surface area contributed by atoms with Crippen molar-refractivity contribution in [2.24, 2.45) is 0 Å². The highest BCUT2D eigenvalue weighted by molar-refractivity contribution is 7.98. The van der Waals surface area contributed by atoms with Crippen molar-refractivity contribution in [1.29, 1.82) is 5.26 Å². The molecule has 0 aliphatic carbocycles. The van der Waals surface area contributed by atoms with Crippen LogP contribution >= 0.6 is 11.8 Å². The first-order valence-corrected chi connectivity index (χ1v) is 6.89. The normalized spacial score (nSPS) is 10.5. The Morgan fingerprint density at radius 1 is 1.21 bits per heavy atom. The van der Waals surface area contributed by atoms with E-state index in [0.29, 0.717) is 0 Å². The molecule has 0 bridgehead atoms. The topological polar surface area (TPSA) is 41.1 Å².